The summed E-state index contributed by atoms with van der Waals surface area (Å²) in [5.74, 6) is 0. The van der Waals surface area contributed by atoms with Crippen LogP contribution in [0.25, 0.3) is 0 Å². The molecule has 0 N–H and O–H groups in total. The molecule has 2 heteroatoms. The van der Waals surface area contributed by atoms with Gasteiger partial charge in [-0.15, -0.1) is 0 Å². The Morgan fingerprint density at radius 2 is 0.571 bits per heavy atom. The molecule has 7 heavy (non-hydrogen) atoms. The third kappa shape index (κ3) is 5.06. The van der Waals surface area contributed by atoms with Crippen LogP contribution in [0.15, 0.2) is 0 Å². The van der Waals surface area contributed by atoms with Crippen molar-refractivity contribution < 1.29 is 0 Å². The van der Waals surface area contributed by atoms with Gasteiger partial charge in [0.2, 0.25) is 0 Å². The van der Waals surface area contributed by atoms with Gasteiger partial charge in [-0.2, -0.15) is 0 Å². The van der Waals surface area contributed by atoms with E-state index in [1.54, 1.807) is 0 Å². The number of hydrogen-bond acceptors (Lipinski definition) is 0. The average molecular weight is 86.0 g/mol. The van der Waals surface area contributed by atoms with Crippen molar-refractivity contribution in [2.24, 2.45) is 0 Å². The molecule has 0 nitrogen and oxygen atoms in total. The molecule has 0 aromatic carbocycles. The predicted octanol–water partition coefficient (Wildman–Crippen LogP) is 0.653. The minimum absolute atomic E-state index is 0. The molecule has 0 saturated heterocycles. The van der Waals surface area contributed by atoms with E-state index in [1.807, 2.05) is 0 Å². The molecule has 0 aliphatic heterocycles. The molecule has 0 bridgehead atoms. The fourth-order valence-electron chi connectivity index (χ4n) is 0.884. The third-order valence-corrected chi connectivity index (χ3v) is 1.25. The van der Waals surface area contributed by atoms with Crippen molar-refractivity contribution in [3.05, 3.63) is 0 Å². The SMILES string of the molecule is C1CCCC1.[LiH].[LiH]. The fraction of sp³-hybridized carbons (Fsp3) is 1.00. The van der Waals surface area contributed by atoms with Crippen LogP contribution in [0.2, 0.25) is 0 Å². The molecular formula is C5H12Li2. The maximum atomic E-state index is 1.50. The van der Waals surface area contributed by atoms with E-state index in [0.717, 1.165) is 0 Å². The third-order valence-electron chi connectivity index (χ3n) is 1.25. The molecule has 1 saturated carbocycles. The molecular weight excluding hydrogens is 73.9 g/mol. The molecule has 1 rings (SSSR count). The average Bonchev–Trinajstić information content (AvgIpc) is 1.76. The van der Waals surface area contributed by atoms with Gasteiger partial charge in [0.15, 0.2) is 0 Å². The van der Waals surface area contributed by atoms with Crippen LogP contribution >= 0.6 is 0 Å². The Bertz CT molecular complexity index is 17.7. The summed E-state index contributed by atoms with van der Waals surface area (Å²) in [6, 6.07) is 0. The molecule has 34 valence electrons. The van der Waals surface area contributed by atoms with E-state index >= 15 is 0 Å². The number of rotatable bonds is 0. The maximum absolute atomic E-state index is 1.50. The molecule has 0 heterocycles. The van der Waals surface area contributed by atoms with Gasteiger partial charge in [-0.05, 0) is 0 Å². The first-order chi connectivity index (χ1) is 2.50. The molecule has 0 aromatic rings. The molecule has 1 aliphatic carbocycles. The molecule has 0 spiro atoms. The fourth-order valence-corrected chi connectivity index (χ4v) is 0.884. The van der Waals surface area contributed by atoms with E-state index in [0.29, 0.717) is 0 Å². The zero-order chi connectivity index (χ0) is 3.54. The molecule has 0 radical (unpaired) electrons. The van der Waals surface area contributed by atoms with Gasteiger partial charge < -0.3 is 0 Å². The molecule has 1 fully saturated rings. The van der Waals surface area contributed by atoms with Gasteiger partial charge in [0.25, 0.3) is 0 Å². The van der Waals surface area contributed by atoms with Crippen molar-refractivity contribution in [3.63, 3.8) is 0 Å². The quantitative estimate of drug-likeness (QED) is 0.380. The molecule has 0 amide bonds. The monoisotopic (exact) mass is 86.1 g/mol. The van der Waals surface area contributed by atoms with Crippen LogP contribution in [-0.2, 0) is 0 Å². The predicted molar refractivity (Wildman–Crippen MR) is 37.4 cm³/mol. The number of hydrogen-bond donors (Lipinski definition) is 0. The van der Waals surface area contributed by atoms with E-state index in [1.165, 1.54) is 32.1 Å². The topological polar surface area (TPSA) is 0 Å². The van der Waals surface area contributed by atoms with Crippen LogP contribution in [0.3, 0.4) is 0 Å². The Balaban J connectivity index is 0. The Labute approximate surface area is 69.8 Å². The van der Waals surface area contributed by atoms with Crippen molar-refractivity contribution in [1.82, 2.24) is 0 Å². The normalized spacial score (nSPS) is 17.1. The van der Waals surface area contributed by atoms with Gasteiger partial charge in [-0.3, -0.25) is 0 Å². The van der Waals surface area contributed by atoms with E-state index in [4.69, 9.17) is 0 Å². The van der Waals surface area contributed by atoms with Gasteiger partial charge in [0.05, 0.1) is 0 Å². The zero-order valence-corrected chi connectivity index (χ0v) is 3.54. The van der Waals surface area contributed by atoms with E-state index < -0.39 is 0 Å². The van der Waals surface area contributed by atoms with Gasteiger partial charge in [-0.25, -0.2) is 0 Å². The van der Waals surface area contributed by atoms with E-state index in [-0.39, 0.29) is 37.7 Å². The molecule has 0 atom stereocenters. The summed E-state index contributed by atoms with van der Waals surface area (Å²) in [5, 5.41) is 0. The van der Waals surface area contributed by atoms with Crippen molar-refractivity contribution in [1.29, 1.82) is 0 Å². The molecule has 0 unspecified atom stereocenters. The second kappa shape index (κ2) is 7.19. The molecule has 0 aromatic heterocycles. The van der Waals surface area contributed by atoms with Gasteiger partial charge in [-0.1, -0.05) is 32.1 Å². The standard InChI is InChI=1S/C5H10.2Li.2H/c1-2-4-5-3-1;;;;/h1-5H2;;;;. The Kier molecular flexibility index (Phi) is 11.4. The summed E-state index contributed by atoms with van der Waals surface area (Å²) in [4.78, 5) is 0. The second-order valence-electron chi connectivity index (χ2n) is 1.77. The Morgan fingerprint density at radius 3 is 0.714 bits per heavy atom. The Morgan fingerprint density at radius 1 is 0.429 bits per heavy atom. The van der Waals surface area contributed by atoms with Gasteiger partial charge in [0.1, 0.15) is 0 Å². The van der Waals surface area contributed by atoms with E-state index in [9.17, 15) is 0 Å². The summed E-state index contributed by atoms with van der Waals surface area (Å²) in [6.45, 7) is 0. The first kappa shape index (κ1) is 11.1. The van der Waals surface area contributed by atoms with Crippen molar-refractivity contribution in [2.75, 3.05) is 0 Å². The van der Waals surface area contributed by atoms with Gasteiger partial charge >= 0.3 is 37.7 Å². The first-order valence-electron chi connectivity index (χ1n) is 2.50. The second-order valence-corrected chi connectivity index (χ2v) is 1.77. The summed E-state index contributed by atoms with van der Waals surface area (Å²) in [7, 11) is 0. The summed E-state index contributed by atoms with van der Waals surface area (Å²) in [5.41, 5.74) is 0. The minimum atomic E-state index is 0. The van der Waals surface area contributed by atoms with Crippen LogP contribution in [0.1, 0.15) is 32.1 Å². The van der Waals surface area contributed by atoms with Crippen molar-refractivity contribution in [3.8, 4) is 0 Å². The van der Waals surface area contributed by atoms with Crippen molar-refractivity contribution >= 4 is 37.7 Å². The first-order valence-corrected chi connectivity index (χ1v) is 2.50. The Hall–Kier alpha value is 1.19. The van der Waals surface area contributed by atoms with Crippen LogP contribution in [0.4, 0.5) is 0 Å². The summed E-state index contributed by atoms with van der Waals surface area (Å²) < 4.78 is 0. The van der Waals surface area contributed by atoms with E-state index in [2.05, 4.69) is 0 Å². The van der Waals surface area contributed by atoms with Crippen LogP contribution in [-0.4, -0.2) is 37.7 Å². The summed E-state index contributed by atoms with van der Waals surface area (Å²) in [6.07, 6.45) is 7.50. The van der Waals surface area contributed by atoms with Crippen molar-refractivity contribution in [2.45, 2.75) is 32.1 Å². The molecule has 1 aliphatic rings. The van der Waals surface area contributed by atoms with Crippen LogP contribution in [0.5, 0.6) is 0 Å². The summed E-state index contributed by atoms with van der Waals surface area (Å²) >= 11 is 0. The van der Waals surface area contributed by atoms with Crippen LogP contribution in [0, 0.1) is 0 Å². The van der Waals surface area contributed by atoms with Gasteiger partial charge in [0, 0.05) is 0 Å². The van der Waals surface area contributed by atoms with Crippen LogP contribution < -0.4 is 0 Å². The zero-order valence-electron chi connectivity index (χ0n) is 3.54.